The van der Waals surface area contributed by atoms with Crippen molar-refractivity contribution < 1.29 is 0 Å². The van der Waals surface area contributed by atoms with Crippen LogP contribution in [0.1, 0.15) is 12.8 Å². The van der Waals surface area contributed by atoms with E-state index in [1.54, 1.807) is 0 Å². The van der Waals surface area contributed by atoms with Crippen molar-refractivity contribution in [3.8, 4) is 0 Å². The van der Waals surface area contributed by atoms with Crippen LogP contribution in [0.25, 0.3) is 0 Å². The summed E-state index contributed by atoms with van der Waals surface area (Å²) in [6.07, 6.45) is 2.81. The van der Waals surface area contributed by atoms with Crippen LogP contribution in [0.3, 0.4) is 0 Å². The first-order valence-corrected chi connectivity index (χ1v) is 4.20. The topological polar surface area (TPSA) is 15.3 Å². The van der Waals surface area contributed by atoms with E-state index < -0.39 is 0 Å². The van der Waals surface area contributed by atoms with Crippen LogP contribution in [-0.2, 0) is 0 Å². The molecule has 0 unspecified atom stereocenters. The minimum atomic E-state index is 0.675. The summed E-state index contributed by atoms with van der Waals surface area (Å²) < 4.78 is 0. The molecular formula is C8H16N2. The fraction of sp³-hybridized carbons (Fsp3) is 1.00. The van der Waals surface area contributed by atoms with Crippen LogP contribution in [0.15, 0.2) is 0 Å². The second-order valence-corrected chi connectivity index (χ2v) is 3.91. The number of hydrogen-bond donors (Lipinski definition) is 1. The van der Waals surface area contributed by atoms with E-state index in [4.69, 9.17) is 0 Å². The monoisotopic (exact) mass is 140 g/mol. The Balaban J connectivity index is 2.03. The van der Waals surface area contributed by atoms with Crippen LogP contribution in [-0.4, -0.2) is 38.1 Å². The maximum absolute atomic E-state index is 3.45. The number of nitrogens with zero attached hydrogens (tertiary/aromatic N) is 1. The molecule has 2 aliphatic rings. The molecule has 0 radical (unpaired) electrons. The molecule has 0 aliphatic carbocycles. The summed E-state index contributed by atoms with van der Waals surface area (Å²) in [7, 11) is 2.23. The second kappa shape index (κ2) is 2.21. The van der Waals surface area contributed by atoms with Crippen molar-refractivity contribution in [1.82, 2.24) is 10.2 Å². The Kier molecular flexibility index (Phi) is 1.46. The Morgan fingerprint density at radius 2 is 2.30 bits per heavy atom. The fourth-order valence-corrected chi connectivity index (χ4v) is 2.30. The van der Waals surface area contributed by atoms with Crippen molar-refractivity contribution in [3.63, 3.8) is 0 Å². The van der Waals surface area contributed by atoms with Crippen molar-refractivity contribution in [2.45, 2.75) is 12.8 Å². The zero-order chi connectivity index (χ0) is 7.03. The number of likely N-dealkylation sites (tertiary alicyclic amines) is 1. The Labute approximate surface area is 62.6 Å². The highest BCUT2D eigenvalue weighted by atomic mass is 15.1. The van der Waals surface area contributed by atoms with E-state index in [0.29, 0.717) is 5.41 Å². The predicted molar refractivity (Wildman–Crippen MR) is 42.0 cm³/mol. The van der Waals surface area contributed by atoms with E-state index in [0.717, 1.165) is 0 Å². The van der Waals surface area contributed by atoms with Gasteiger partial charge in [0.25, 0.3) is 0 Å². The predicted octanol–water partition coefficient (Wildman–Crippen LogP) is 0.302. The molecule has 0 aromatic rings. The molecule has 58 valence electrons. The number of nitrogens with one attached hydrogen (secondary N) is 1. The lowest BCUT2D eigenvalue weighted by Gasteiger charge is -2.20. The van der Waals surface area contributed by atoms with Gasteiger partial charge >= 0.3 is 0 Å². The summed E-state index contributed by atoms with van der Waals surface area (Å²) in [4.78, 5) is 2.45. The standard InChI is InChI=1S/C8H16N2/c1-10-5-3-8(7-10)2-4-9-6-8/h9H,2-7H2,1H3/t8-/m1/s1. The van der Waals surface area contributed by atoms with Crippen LogP contribution in [0.5, 0.6) is 0 Å². The van der Waals surface area contributed by atoms with Gasteiger partial charge in [0.2, 0.25) is 0 Å². The summed E-state index contributed by atoms with van der Waals surface area (Å²) >= 11 is 0. The molecule has 10 heavy (non-hydrogen) atoms. The maximum Gasteiger partial charge on any atom is 0.00481 e. The van der Waals surface area contributed by atoms with Gasteiger partial charge in [-0.1, -0.05) is 0 Å². The molecule has 0 bridgehead atoms. The first kappa shape index (κ1) is 6.62. The zero-order valence-electron chi connectivity index (χ0n) is 6.69. The molecule has 1 spiro atoms. The third-order valence-electron chi connectivity index (χ3n) is 2.96. The van der Waals surface area contributed by atoms with Gasteiger partial charge in [0.15, 0.2) is 0 Å². The first-order valence-electron chi connectivity index (χ1n) is 4.20. The molecule has 2 nitrogen and oxygen atoms in total. The molecule has 2 heterocycles. The third kappa shape index (κ3) is 0.956. The van der Waals surface area contributed by atoms with Crippen molar-refractivity contribution in [2.24, 2.45) is 5.41 Å². The van der Waals surface area contributed by atoms with E-state index in [9.17, 15) is 0 Å². The lowest BCUT2D eigenvalue weighted by Crippen LogP contribution is -2.27. The van der Waals surface area contributed by atoms with Crippen LogP contribution in [0.2, 0.25) is 0 Å². The molecule has 2 fully saturated rings. The molecule has 1 atom stereocenters. The molecule has 1 N–H and O–H groups in total. The normalized spacial score (nSPS) is 41.7. The van der Waals surface area contributed by atoms with Crippen molar-refractivity contribution >= 4 is 0 Å². The Morgan fingerprint density at radius 3 is 2.80 bits per heavy atom. The fourth-order valence-electron chi connectivity index (χ4n) is 2.30. The highest BCUT2D eigenvalue weighted by molar-refractivity contribution is 4.94. The Bertz CT molecular complexity index is 127. The van der Waals surface area contributed by atoms with Crippen LogP contribution < -0.4 is 5.32 Å². The van der Waals surface area contributed by atoms with Gasteiger partial charge in [0, 0.05) is 13.1 Å². The summed E-state index contributed by atoms with van der Waals surface area (Å²) in [5.74, 6) is 0. The van der Waals surface area contributed by atoms with Gasteiger partial charge in [0.1, 0.15) is 0 Å². The Morgan fingerprint density at radius 1 is 1.40 bits per heavy atom. The number of hydrogen-bond acceptors (Lipinski definition) is 2. The molecule has 0 aromatic heterocycles. The van der Waals surface area contributed by atoms with Gasteiger partial charge in [0.05, 0.1) is 0 Å². The molecular weight excluding hydrogens is 124 g/mol. The van der Waals surface area contributed by atoms with Gasteiger partial charge in [-0.05, 0) is 38.4 Å². The van der Waals surface area contributed by atoms with Crippen LogP contribution >= 0.6 is 0 Å². The zero-order valence-corrected chi connectivity index (χ0v) is 6.69. The molecule has 2 rings (SSSR count). The Hall–Kier alpha value is -0.0800. The maximum atomic E-state index is 3.45. The molecule has 2 saturated heterocycles. The highest BCUT2D eigenvalue weighted by Crippen LogP contribution is 2.34. The average Bonchev–Trinajstić information content (AvgIpc) is 2.46. The van der Waals surface area contributed by atoms with Gasteiger partial charge in [-0.15, -0.1) is 0 Å². The van der Waals surface area contributed by atoms with Gasteiger partial charge < -0.3 is 10.2 Å². The van der Waals surface area contributed by atoms with E-state index >= 15 is 0 Å². The summed E-state index contributed by atoms with van der Waals surface area (Å²) in [6.45, 7) is 5.13. The van der Waals surface area contributed by atoms with E-state index in [-0.39, 0.29) is 0 Å². The van der Waals surface area contributed by atoms with Crippen molar-refractivity contribution in [1.29, 1.82) is 0 Å². The minimum absolute atomic E-state index is 0.675. The largest absolute Gasteiger partial charge is 0.316 e. The van der Waals surface area contributed by atoms with E-state index in [1.165, 1.54) is 39.0 Å². The van der Waals surface area contributed by atoms with Gasteiger partial charge in [-0.25, -0.2) is 0 Å². The molecule has 0 aromatic carbocycles. The van der Waals surface area contributed by atoms with E-state index in [1.807, 2.05) is 0 Å². The van der Waals surface area contributed by atoms with Crippen molar-refractivity contribution in [3.05, 3.63) is 0 Å². The first-order chi connectivity index (χ1) is 4.81. The SMILES string of the molecule is CN1CC[C@@]2(CCNC2)C1. The number of rotatable bonds is 0. The molecule has 2 aliphatic heterocycles. The van der Waals surface area contributed by atoms with Crippen molar-refractivity contribution in [2.75, 3.05) is 33.2 Å². The van der Waals surface area contributed by atoms with Crippen LogP contribution in [0, 0.1) is 5.41 Å². The molecule has 0 saturated carbocycles. The second-order valence-electron chi connectivity index (χ2n) is 3.91. The molecule has 0 amide bonds. The van der Waals surface area contributed by atoms with Crippen LogP contribution in [0.4, 0.5) is 0 Å². The lowest BCUT2D eigenvalue weighted by molar-refractivity contribution is 0.309. The van der Waals surface area contributed by atoms with Gasteiger partial charge in [-0.3, -0.25) is 0 Å². The molecule has 2 heteroatoms. The highest BCUT2D eigenvalue weighted by Gasteiger charge is 2.38. The summed E-state index contributed by atoms with van der Waals surface area (Å²) in [5, 5.41) is 3.45. The van der Waals surface area contributed by atoms with E-state index in [2.05, 4.69) is 17.3 Å². The smallest absolute Gasteiger partial charge is 0.00481 e. The quantitative estimate of drug-likeness (QED) is 0.520. The summed E-state index contributed by atoms with van der Waals surface area (Å²) in [5.41, 5.74) is 0.675. The average molecular weight is 140 g/mol. The lowest BCUT2D eigenvalue weighted by atomic mass is 9.87. The summed E-state index contributed by atoms with van der Waals surface area (Å²) in [6, 6.07) is 0. The van der Waals surface area contributed by atoms with Gasteiger partial charge in [-0.2, -0.15) is 0 Å². The minimum Gasteiger partial charge on any atom is -0.316 e. The third-order valence-corrected chi connectivity index (χ3v) is 2.96.